The van der Waals surface area contributed by atoms with Crippen LogP contribution < -0.4 is 10.2 Å². The summed E-state index contributed by atoms with van der Waals surface area (Å²) in [7, 11) is 0. The fourth-order valence-corrected chi connectivity index (χ4v) is 5.48. The van der Waals surface area contributed by atoms with Crippen molar-refractivity contribution in [2.45, 2.75) is 13.3 Å². The first-order valence-electron chi connectivity index (χ1n) is 13.0. The molecule has 0 bridgehead atoms. The van der Waals surface area contributed by atoms with Crippen LogP contribution in [-0.2, 0) is 0 Å². The Balaban J connectivity index is 0.00000231. The lowest BCUT2D eigenvalue weighted by atomic mass is 10.2. The number of anilines is 1. The molecule has 218 valence electrons. The van der Waals surface area contributed by atoms with Crippen LogP contribution in [0.2, 0.25) is 15.1 Å². The summed E-state index contributed by atoms with van der Waals surface area (Å²) >= 11 is 18.7. The fourth-order valence-electron chi connectivity index (χ4n) is 4.94. The molecule has 1 amide bonds. The van der Waals surface area contributed by atoms with Gasteiger partial charge in [0.1, 0.15) is 11.5 Å². The molecule has 0 aliphatic carbocycles. The first-order valence-corrected chi connectivity index (χ1v) is 14.2. The van der Waals surface area contributed by atoms with E-state index in [0.717, 1.165) is 67.6 Å². The Kier molecular flexibility index (Phi) is 12.2. The molecular formula is C30H32Cl5N5O. The zero-order valence-corrected chi connectivity index (χ0v) is 26.4. The molecule has 0 radical (unpaired) electrons. The standard InChI is InChI=1S/C30H30Cl3N5O.2ClH/c1-21-28(35-29(22-7-3-2-4-8-22)38(21)24-13-11-23(31)12-14-24)30(39)34-15-6-16-36-17-19-37(20-18-36)26-10-5-9-25(32)27(26)33;;/h2-5,7-14H,6,15-20H2,1H3,(H,34,39);2*1H. The van der Waals surface area contributed by atoms with E-state index in [0.29, 0.717) is 27.3 Å². The summed E-state index contributed by atoms with van der Waals surface area (Å²) in [5, 5.41) is 4.92. The van der Waals surface area contributed by atoms with Gasteiger partial charge in [0.05, 0.1) is 21.4 Å². The third-order valence-electron chi connectivity index (χ3n) is 7.02. The van der Waals surface area contributed by atoms with E-state index in [-0.39, 0.29) is 30.7 Å². The van der Waals surface area contributed by atoms with Crippen molar-refractivity contribution in [3.8, 4) is 17.1 Å². The molecule has 1 fully saturated rings. The lowest BCUT2D eigenvalue weighted by molar-refractivity contribution is 0.0946. The predicted molar refractivity (Wildman–Crippen MR) is 175 cm³/mol. The molecule has 0 spiro atoms. The van der Waals surface area contributed by atoms with Crippen molar-refractivity contribution < 1.29 is 4.79 Å². The van der Waals surface area contributed by atoms with Gasteiger partial charge in [-0.1, -0.05) is 71.2 Å². The van der Waals surface area contributed by atoms with Crippen molar-refractivity contribution in [3.05, 3.63) is 99.3 Å². The maximum absolute atomic E-state index is 13.2. The zero-order chi connectivity index (χ0) is 27.4. The smallest absolute Gasteiger partial charge is 0.271 e. The number of rotatable bonds is 8. The molecule has 6 nitrogen and oxygen atoms in total. The quantitative estimate of drug-likeness (QED) is 0.199. The normalized spacial score (nSPS) is 13.3. The number of carbonyl (C=O) groups excluding carboxylic acids is 1. The average molecular weight is 656 g/mol. The molecule has 1 N–H and O–H groups in total. The number of halogens is 5. The van der Waals surface area contributed by atoms with Crippen LogP contribution in [0.3, 0.4) is 0 Å². The highest BCUT2D eigenvalue weighted by Crippen LogP contribution is 2.33. The number of hydrogen-bond acceptors (Lipinski definition) is 4. The van der Waals surface area contributed by atoms with Gasteiger partial charge in [0.2, 0.25) is 0 Å². The minimum Gasteiger partial charge on any atom is -0.368 e. The van der Waals surface area contributed by atoms with Crippen molar-refractivity contribution in [2.75, 3.05) is 44.2 Å². The predicted octanol–water partition coefficient (Wildman–Crippen LogP) is 7.59. The second-order valence-corrected chi connectivity index (χ2v) is 10.8. The molecule has 1 aliphatic rings. The van der Waals surface area contributed by atoms with Gasteiger partial charge < -0.3 is 10.2 Å². The van der Waals surface area contributed by atoms with E-state index in [1.54, 1.807) is 0 Å². The summed E-state index contributed by atoms with van der Waals surface area (Å²) in [6.45, 7) is 7.04. The van der Waals surface area contributed by atoms with Crippen molar-refractivity contribution >= 4 is 71.2 Å². The second-order valence-electron chi connectivity index (χ2n) is 9.56. The minimum absolute atomic E-state index is 0. The zero-order valence-electron chi connectivity index (χ0n) is 22.5. The van der Waals surface area contributed by atoms with E-state index >= 15 is 0 Å². The lowest BCUT2D eigenvalue weighted by Crippen LogP contribution is -2.47. The molecule has 1 aromatic heterocycles. The summed E-state index contributed by atoms with van der Waals surface area (Å²) in [5.41, 5.74) is 4.04. The third-order valence-corrected chi connectivity index (χ3v) is 8.08. The van der Waals surface area contributed by atoms with Gasteiger partial charge in [-0.25, -0.2) is 4.98 Å². The molecule has 4 aromatic rings. The number of aromatic nitrogens is 2. The summed E-state index contributed by atoms with van der Waals surface area (Å²) in [6, 6.07) is 23.2. The van der Waals surface area contributed by atoms with Gasteiger partial charge in [-0.05, 0) is 56.3 Å². The monoisotopic (exact) mass is 653 g/mol. The summed E-state index contributed by atoms with van der Waals surface area (Å²) in [6.07, 6.45) is 0.853. The third kappa shape index (κ3) is 7.69. The van der Waals surface area contributed by atoms with Crippen LogP contribution in [0.15, 0.2) is 72.8 Å². The Morgan fingerprint density at radius 2 is 1.56 bits per heavy atom. The van der Waals surface area contributed by atoms with Gasteiger partial charge in [-0.2, -0.15) is 0 Å². The molecule has 1 aliphatic heterocycles. The van der Waals surface area contributed by atoms with E-state index in [1.165, 1.54) is 0 Å². The average Bonchev–Trinajstić information content (AvgIpc) is 3.31. The number of amides is 1. The number of nitrogens with zero attached hydrogens (tertiary/aromatic N) is 4. The largest absolute Gasteiger partial charge is 0.368 e. The Hall–Kier alpha value is -2.45. The highest BCUT2D eigenvalue weighted by atomic mass is 35.5. The molecule has 0 atom stereocenters. The number of imidazole rings is 1. The van der Waals surface area contributed by atoms with Crippen LogP contribution in [0.25, 0.3) is 17.1 Å². The first kappa shape index (κ1) is 33.1. The maximum atomic E-state index is 13.2. The van der Waals surface area contributed by atoms with Gasteiger partial charge >= 0.3 is 0 Å². The Labute approximate surface area is 268 Å². The minimum atomic E-state index is -0.169. The number of carbonyl (C=O) groups is 1. The molecule has 0 unspecified atom stereocenters. The fraction of sp³-hybridized carbons (Fsp3) is 0.267. The Morgan fingerprint density at radius 1 is 0.878 bits per heavy atom. The van der Waals surface area contributed by atoms with Crippen LogP contribution in [-0.4, -0.2) is 59.6 Å². The molecule has 41 heavy (non-hydrogen) atoms. The van der Waals surface area contributed by atoms with E-state index < -0.39 is 0 Å². The number of nitrogens with one attached hydrogen (secondary N) is 1. The summed E-state index contributed by atoms with van der Waals surface area (Å²) < 4.78 is 2.01. The van der Waals surface area contributed by atoms with Crippen molar-refractivity contribution in [2.24, 2.45) is 0 Å². The number of benzene rings is 3. The van der Waals surface area contributed by atoms with Gasteiger partial charge in [0.25, 0.3) is 5.91 Å². The van der Waals surface area contributed by atoms with E-state index in [4.69, 9.17) is 39.8 Å². The molecule has 2 heterocycles. The van der Waals surface area contributed by atoms with E-state index in [9.17, 15) is 4.79 Å². The molecular weight excluding hydrogens is 624 g/mol. The van der Waals surface area contributed by atoms with Crippen LogP contribution in [0.4, 0.5) is 5.69 Å². The number of piperazine rings is 1. The van der Waals surface area contributed by atoms with Gasteiger partial charge in [-0.15, -0.1) is 24.8 Å². The van der Waals surface area contributed by atoms with Crippen LogP contribution in [0, 0.1) is 6.92 Å². The highest BCUT2D eigenvalue weighted by Gasteiger charge is 2.22. The van der Waals surface area contributed by atoms with Gasteiger partial charge in [-0.3, -0.25) is 14.3 Å². The van der Waals surface area contributed by atoms with E-state index in [2.05, 4.69) is 15.1 Å². The van der Waals surface area contributed by atoms with E-state index in [1.807, 2.05) is 84.3 Å². The topological polar surface area (TPSA) is 53.4 Å². The highest BCUT2D eigenvalue weighted by molar-refractivity contribution is 6.43. The molecule has 0 saturated carbocycles. The maximum Gasteiger partial charge on any atom is 0.271 e. The molecule has 11 heteroatoms. The summed E-state index contributed by atoms with van der Waals surface area (Å²) in [4.78, 5) is 22.7. The Morgan fingerprint density at radius 3 is 2.24 bits per heavy atom. The second kappa shape index (κ2) is 15.1. The SMILES string of the molecule is Cc1c(C(=O)NCCCN2CCN(c3cccc(Cl)c3Cl)CC2)nc(-c2ccccc2)n1-c1ccc(Cl)cc1.Cl.Cl. The van der Waals surface area contributed by atoms with Gasteiger partial charge in [0.15, 0.2) is 0 Å². The van der Waals surface area contributed by atoms with Crippen molar-refractivity contribution in [1.82, 2.24) is 19.8 Å². The molecule has 3 aromatic carbocycles. The molecule has 5 rings (SSSR count). The van der Waals surface area contributed by atoms with Gasteiger partial charge in [0, 0.05) is 49.0 Å². The van der Waals surface area contributed by atoms with Crippen LogP contribution in [0.1, 0.15) is 22.6 Å². The summed E-state index contributed by atoms with van der Waals surface area (Å²) in [5.74, 6) is 0.552. The lowest BCUT2D eigenvalue weighted by Gasteiger charge is -2.36. The van der Waals surface area contributed by atoms with Crippen molar-refractivity contribution in [1.29, 1.82) is 0 Å². The first-order chi connectivity index (χ1) is 18.9. The van der Waals surface area contributed by atoms with Crippen LogP contribution in [0.5, 0.6) is 0 Å². The Bertz CT molecular complexity index is 1440. The van der Waals surface area contributed by atoms with Crippen molar-refractivity contribution in [3.63, 3.8) is 0 Å². The van der Waals surface area contributed by atoms with Crippen LogP contribution >= 0.6 is 59.6 Å². The number of hydrogen-bond donors (Lipinski definition) is 1. The molecule has 1 saturated heterocycles.